The minimum Gasteiger partial charge on any atom is -0.416 e. The Morgan fingerprint density at radius 2 is 1.22 bits per heavy atom. The van der Waals surface area contributed by atoms with Crippen LogP contribution in [0, 0.1) is 0 Å². The van der Waals surface area contributed by atoms with Gasteiger partial charge in [-0.2, -0.15) is 0 Å². The first kappa shape index (κ1) is 26.4. The Morgan fingerprint density at radius 3 is 1.67 bits per heavy atom. The number of benzene rings is 2. The minimum atomic E-state index is -0.0808. The van der Waals surface area contributed by atoms with Gasteiger partial charge in [0.2, 0.25) is 23.6 Å². The van der Waals surface area contributed by atoms with Gasteiger partial charge in [-0.15, -0.1) is 10.2 Å². The van der Waals surface area contributed by atoms with Crippen molar-refractivity contribution in [1.29, 1.82) is 0 Å². The molecule has 1 heterocycles. The van der Waals surface area contributed by atoms with E-state index in [0.717, 1.165) is 30.4 Å². The van der Waals surface area contributed by atoms with Crippen molar-refractivity contribution in [2.75, 3.05) is 23.7 Å². The lowest BCUT2D eigenvalue weighted by Crippen LogP contribution is -2.23. The molecule has 0 saturated heterocycles. The van der Waals surface area contributed by atoms with Crippen molar-refractivity contribution in [3.05, 3.63) is 48.5 Å². The van der Waals surface area contributed by atoms with E-state index < -0.39 is 0 Å². The van der Waals surface area contributed by atoms with Gasteiger partial charge in [0.15, 0.2) is 5.96 Å². The molecule has 11 heteroatoms. The molecule has 0 spiro atoms. The standard InChI is InChI=1S/C25H32N8O3/c26-15-3-1-5-21(34)30-19-11-7-17(8-12-19)23-32-33-24(36-23)18-9-13-20(14-10-18)31-22(35)6-2-4-16-29-25(27)28/h7-14H,1-6,15-16,26H2,(H,30,34)(H,31,35)(H4,27,28,29). The van der Waals surface area contributed by atoms with E-state index in [0.29, 0.717) is 55.5 Å². The number of aromatic nitrogens is 2. The van der Waals surface area contributed by atoms with E-state index in [1.54, 1.807) is 36.4 Å². The number of nitrogens with two attached hydrogens (primary N) is 3. The number of guanidine groups is 1. The lowest BCUT2D eigenvalue weighted by atomic mass is 10.2. The number of carbonyl (C=O) groups is 2. The number of aliphatic imine (C=N–C) groups is 1. The van der Waals surface area contributed by atoms with Crippen LogP contribution in [0.2, 0.25) is 0 Å². The number of rotatable bonds is 13. The van der Waals surface area contributed by atoms with E-state index in [2.05, 4.69) is 25.8 Å². The number of amides is 2. The number of hydrogen-bond donors (Lipinski definition) is 5. The fraction of sp³-hybridized carbons (Fsp3) is 0.320. The molecule has 1 aromatic heterocycles. The zero-order valence-electron chi connectivity index (χ0n) is 20.1. The molecule has 3 aromatic rings. The smallest absolute Gasteiger partial charge is 0.248 e. The van der Waals surface area contributed by atoms with E-state index in [1.807, 2.05) is 12.1 Å². The average molecular weight is 493 g/mol. The summed E-state index contributed by atoms with van der Waals surface area (Å²) in [5, 5.41) is 14.0. The summed E-state index contributed by atoms with van der Waals surface area (Å²) in [5.74, 6) is 0.659. The third-order valence-corrected chi connectivity index (χ3v) is 5.22. The van der Waals surface area contributed by atoms with Crippen LogP contribution in [0.3, 0.4) is 0 Å². The molecular formula is C25H32N8O3. The maximum Gasteiger partial charge on any atom is 0.248 e. The molecule has 0 fully saturated rings. The average Bonchev–Trinajstić information content (AvgIpc) is 3.35. The molecule has 36 heavy (non-hydrogen) atoms. The molecule has 190 valence electrons. The first-order valence-electron chi connectivity index (χ1n) is 11.8. The fourth-order valence-corrected chi connectivity index (χ4v) is 3.33. The molecule has 11 nitrogen and oxygen atoms in total. The maximum absolute atomic E-state index is 12.1. The van der Waals surface area contributed by atoms with Gasteiger partial charge in [-0.3, -0.25) is 14.6 Å². The first-order valence-corrected chi connectivity index (χ1v) is 11.8. The highest BCUT2D eigenvalue weighted by molar-refractivity contribution is 5.91. The second-order valence-corrected chi connectivity index (χ2v) is 8.17. The van der Waals surface area contributed by atoms with Crippen LogP contribution in [0.1, 0.15) is 38.5 Å². The molecule has 0 aliphatic carbocycles. The molecular weight excluding hydrogens is 460 g/mol. The van der Waals surface area contributed by atoms with Crippen LogP contribution in [0.15, 0.2) is 57.9 Å². The van der Waals surface area contributed by atoms with Gasteiger partial charge in [-0.1, -0.05) is 0 Å². The van der Waals surface area contributed by atoms with Gasteiger partial charge < -0.3 is 32.3 Å². The van der Waals surface area contributed by atoms with E-state index in [1.165, 1.54) is 0 Å². The van der Waals surface area contributed by atoms with Crippen LogP contribution in [0.5, 0.6) is 0 Å². The summed E-state index contributed by atoms with van der Waals surface area (Å²) in [6.45, 7) is 1.09. The number of hydrogen-bond acceptors (Lipinski definition) is 7. The molecule has 0 unspecified atom stereocenters. The molecule has 0 bridgehead atoms. The number of anilines is 2. The molecule has 0 saturated carbocycles. The Bertz CT molecular complexity index is 1150. The van der Waals surface area contributed by atoms with Gasteiger partial charge in [0.1, 0.15) is 0 Å². The van der Waals surface area contributed by atoms with Gasteiger partial charge in [-0.25, -0.2) is 0 Å². The highest BCUT2D eigenvalue weighted by Crippen LogP contribution is 2.26. The van der Waals surface area contributed by atoms with Crippen LogP contribution in [0.25, 0.3) is 22.9 Å². The fourth-order valence-electron chi connectivity index (χ4n) is 3.33. The van der Waals surface area contributed by atoms with Crippen LogP contribution < -0.4 is 27.8 Å². The first-order chi connectivity index (χ1) is 17.4. The number of carbonyl (C=O) groups excluding carboxylic acids is 2. The zero-order chi connectivity index (χ0) is 25.8. The van der Waals surface area contributed by atoms with Crippen molar-refractivity contribution in [1.82, 2.24) is 10.2 Å². The highest BCUT2D eigenvalue weighted by Gasteiger charge is 2.12. The molecule has 3 rings (SSSR count). The largest absolute Gasteiger partial charge is 0.416 e. The van der Waals surface area contributed by atoms with Crippen LogP contribution in [0.4, 0.5) is 11.4 Å². The third-order valence-electron chi connectivity index (χ3n) is 5.22. The molecule has 2 amide bonds. The molecule has 8 N–H and O–H groups in total. The number of nitrogens with one attached hydrogen (secondary N) is 2. The summed E-state index contributed by atoms with van der Waals surface area (Å²) in [6, 6.07) is 14.4. The van der Waals surface area contributed by atoms with Crippen molar-refractivity contribution < 1.29 is 14.0 Å². The minimum absolute atomic E-state index is 0.0428. The Morgan fingerprint density at radius 1 is 0.750 bits per heavy atom. The Kier molecular flexibility index (Phi) is 9.95. The summed E-state index contributed by atoms with van der Waals surface area (Å²) in [7, 11) is 0. The SMILES string of the molecule is NCCCCC(=O)Nc1ccc(-c2nnc(-c3ccc(NC(=O)CCCCN=C(N)N)cc3)o2)cc1. The summed E-state index contributed by atoms with van der Waals surface area (Å²) in [6.07, 6.45) is 3.83. The monoisotopic (exact) mass is 492 g/mol. The molecule has 2 aromatic carbocycles. The molecule has 0 atom stereocenters. The quantitative estimate of drug-likeness (QED) is 0.137. The van der Waals surface area contributed by atoms with Gasteiger partial charge >= 0.3 is 0 Å². The number of nitrogens with zero attached hydrogens (tertiary/aromatic N) is 3. The Hall–Kier alpha value is -4.25. The molecule has 0 radical (unpaired) electrons. The zero-order valence-corrected chi connectivity index (χ0v) is 20.1. The summed E-state index contributed by atoms with van der Waals surface area (Å²) < 4.78 is 5.82. The van der Waals surface area contributed by atoms with E-state index in [4.69, 9.17) is 21.6 Å². The second-order valence-electron chi connectivity index (χ2n) is 8.17. The predicted octanol–water partition coefficient (Wildman–Crippen LogP) is 2.85. The van der Waals surface area contributed by atoms with Gasteiger partial charge in [0.25, 0.3) is 0 Å². The highest BCUT2D eigenvalue weighted by atomic mass is 16.4. The molecule has 0 aliphatic heterocycles. The number of unbranched alkanes of at least 4 members (excludes halogenated alkanes) is 2. The summed E-state index contributed by atoms with van der Waals surface area (Å²) in [4.78, 5) is 27.9. The van der Waals surface area contributed by atoms with Crippen LogP contribution in [-0.2, 0) is 9.59 Å². The topological polar surface area (TPSA) is 188 Å². The van der Waals surface area contributed by atoms with Crippen molar-refractivity contribution in [2.24, 2.45) is 22.2 Å². The lowest BCUT2D eigenvalue weighted by Gasteiger charge is -2.05. The maximum atomic E-state index is 12.1. The predicted molar refractivity (Wildman–Crippen MR) is 140 cm³/mol. The van der Waals surface area contributed by atoms with Crippen molar-refractivity contribution in [3.8, 4) is 22.9 Å². The summed E-state index contributed by atoms with van der Waals surface area (Å²) >= 11 is 0. The van der Waals surface area contributed by atoms with Crippen molar-refractivity contribution in [3.63, 3.8) is 0 Å². The Balaban J connectivity index is 1.51. The summed E-state index contributed by atoms with van der Waals surface area (Å²) in [5.41, 5.74) is 18.8. The van der Waals surface area contributed by atoms with Crippen LogP contribution in [-0.4, -0.2) is 41.1 Å². The third kappa shape index (κ3) is 8.51. The van der Waals surface area contributed by atoms with Crippen molar-refractivity contribution >= 4 is 29.1 Å². The lowest BCUT2D eigenvalue weighted by molar-refractivity contribution is -0.117. The van der Waals surface area contributed by atoms with E-state index >= 15 is 0 Å². The van der Waals surface area contributed by atoms with Gasteiger partial charge in [-0.05, 0) is 80.8 Å². The van der Waals surface area contributed by atoms with Crippen molar-refractivity contribution in [2.45, 2.75) is 38.5 Å². The normalized spacial score (nSPS) is 10.6. The second kappa shape index (κ2) is 13.6. The van der Waals surface area contributed by atoms with E-state index in [9.17, 15) is 9.59 Å². The Labute approximate surface area is 209 Å². The molecule has 0 aliphatic rings. The van der Waals surface area contributed by atoms with Gasteiger partial charge in [0.05, 0.1) is 0 Å². The van der Waals surface area contributed by atoms with Gasteiger partial charge in [0, 0.05) is 41.9 Å². The van der Waals surface area contributed by atoms with Crippen LogP contribution >= 0.6 is 0 Å². The van der Waals surface area contributed by atoms with E-state index in [-0.39, 0.29) is 17.8 Å².